The van der Waals surface area contributed by atoms with Crippen LogP contribution in [-0.4, -0.2) is 59.6 Å². The standard InChI is InChI=1S/C21H33N3O4.C2H6.H2/c25-18(10-4-2-9-17-24-20(27)12-13-21(24)28)22-14-6-1-5-11-19(26)23-15-7-3-8-16-23;1-2;/h12-13H,1-11,14-17H2,(H,22,25);1-2H3;1H. The quantitative estimate of drug-likeness (QED) is 0.385. The van der Waals surface area contributed by atoms with Gasteiger partial charge in [-0.3, -0.25) is 24.1 Å². The minimum Gasteiger partial charge on any atom is -0.356 e. The molecule has 1 fully saturated rings. The van der Waals surface area contributed by atoms with Gasteiger partial charge in [0, 0.05) is 52.6 Å². The van der Waals surface area contributed by atoms with E-state index in [1.807, 2.05) is 18.7 Å². The topological polar surface area (TPSA) is 86.8 Å². The highest BCUT2D eigenvalue weighted by atomic mass is 16.2. The number of carbonyl (C=O) groups is 4. The summed E-state index contributed by atoms with van der Waals surface area (Å²) in [6.45, 7) is 6.90. The van der Waals surface area contributed by atoms with Gasteiger partial charge in [0.25, 0.3) is 11.8 Å². The molecule has 0 bridgehead atoms. The normalized spacial score (nSPS) is 15.8. The number of nitrogens with zero attached hydrogens (tertiary/aromatic N) is 2. The van der Waals surface area contributed by atoms with Crippen LogP contribution in [0.1, 0.15) is 85.9 Å². The summed E-state index contributed by atoms with van der Waals surface area (Å²) in [6.07, 6.45) is 12.2. The fraction of sp³-hybridized carbons (Fsp3) is 0.739. The van der Waals surface area contributed by atoms with E-state index in [2.05, 4.69) is 5.32 Å². The smallest absolute Gasteiger partial charge is 0.253 e. The maximum Gasteiger partial charge on any atom is 0.253 e. The fourth-order valence-corrected chi connectivity index (χ4v) is 3.58. The molecular weight excluding hydrogens is 382 g/mol. The molecule has 0 aromatic heterocycles. The Morgan fingerprint density at radius 2 is 1.47 bits per heavy atom. The van der Waals surface area contributed by atoms with Crippen molar-refractivity contribution in [2.45, 2.75) is 84.5 Å². The lowest BCUT2D eigenvalue weighted by molar-refractivity contribution is -0.137. The number of amides is 4. The molecule has 2 rings (SSSR count). The first kappa shape index (κ1) is 25.9. The summed E-state index contributed by atoms with van der Waals surface area (Å²) in [5.74, 6) is -0.183. The van der Waals surface area contributed by atoms with Crippen molar-refractivity contribution in [3.8, 4) is 0 Å². The summed E-state index contributed by atoms with van der Waals surface area (Å²) >= 11 is 0. The predicted molar refractivity (Wildman–Crippen MR) is 120 cm³/mol. The Hall–Kier alpha value is -2.18. The molecule has 2 aliphatic rings. The van der Waals surface area contributed by atoms with E-state index >= 15 is 0 Å². The Bertz CT molecular complexity index is 571. The van der Waals surface area contributed by atoms with Gasteiger partial charge in [0.05, 0.1) is 0 Å². The van der Waals surface area contributed by atoms with E-state index in [1.165, 1.54) is 23.5 Å². The zero-order chi connectivity index (χ0) is 22.2. The number of unbranched alkanes of at least 4 members (excludes halogenated alkanes) is 4. The fourth-order valence-electron chi connectivity index (χ4n) is 3.58. The van der Waals surface area contributed by atoms with Crippen molar-refractivity contribution in [2.75, 3.05) is 26.2 Å². The van der Waals surface area contributed by atoms with Crippen LogP contribution >= 0.6 is 0 Å². The van der Waals surface area contributed by atoms with E-state index in [-0.39, 0.29) is 25.1 Å². The largest absolute Gasteiger partial charge is 0.356 e. The van der Waals surface area contributed by atoms with Gasteiger partial charge in [-0.15, -0.1) is 0 Å². The number of likely N-dealkylation sites (tertiary alicyclic amines) is 1. The molecule has 1 saturated heterocycles. The first-order valence-electron chi connectivity index (χ1n) is 11.7. The van der Waals surface area contributed by atoms with Gasteiger partial charge < -0.3 is 10.2 Å². The molecule has 4 amide bonds. The summed E-state index contributed by atoms with van der Waals surface area (Å²) in [5, 5.41) is 2.92. The van der Waals surface area contributed by atoms with Crippen LogP contribution in [0.25, 0.3) is 0 Å². The van der Waals surface area contributed by atoms with Crippen LogP contribution in [0.3, 0.4) is 0 Å². The highest BCUT2D eigenvalue weighted by Crippen LogP contribution is 2.12. The van der Waals surface area contributed by atoms with Gasteiger partial charge in [-0.2, -0.15) is 0 Å². The Balaban J connectivity index is 0.00000291. The summed E-state index contributed by atoms with van der Waals surface area (Å²) < 4.78 is 0. The second kappa shape index (κ2) is 15.6. The van der Waals surface area contributed by atoms with Gasteiger partial charge in [0.2, 0.25) is 11.8 Å². The molecule has 172 valence electrons. The highest BCUT2D eigenvalue weighted by Gasteiger charge is 2.22. The number of carbonyl (C=O) groups excluding carboxylic acids is 4. The zero-order valence-corrected chi connectivity index (χ0v) is 18.8. The number of piperidine rings is 1. The van der Waals surface area contributed by atoms with E-state index in [9.17, 15) is 19.2 Å². The Morgan fingerprint density at radius 1 is 0.867 bits per heavy atom. The summed E-state index contributed by atoms with van der Waals surface area (Å²) in [6, 6.07) is 0. The Kier molecular flexibility index (Phi) is 13.5. The van der Waals surface area contributed by atoms with Crippen LogP contribution < -0.4 is 5.32 Å². The van der Waals surface area contributed by atoms with Gasteiger partial charge in [0.1, 0.15) is 0 Å². The van der Waals surface area contributed by atoms with Gasteiger partial charge in [-0.1, -0.05) is 26.7 Å². The maximum atomic E-state index is 12.0. The average Bonchev–Trinajstić information content (AvgIpc) is 3.09. The molecule has 0 spiro atoms. The average molecular weight is 424 g/mol. The number of imide groups is 1. The summed E-state index contributed by atoms with van der Waals surface area (Å²) in [7, 11) is 0. The SMILES string of the molecule is CC.O=C(CCCCCN1C(=O)C=CC1=O)NCCCCCC(=O)N1CCCCC1.[HH]. The third kappa shape index (κ3) is 10.0. The molecule has 30 heavy (non-hydrogen) atoms. The lowest BCUT2D eigenvalue weighted by Crippen LogP contribution is -2.35. The minimum absolute atomic E-state index is 0. The maximum absolute atomic E-state index is 12.0. The predicted octanol–water partition coefficient (Wildman–Crippen LogP) is 3.43. The minimum atomic E-state index is -0.250. The van der Waals surface area contributed by atoms with Gasteiger partial charge in [-0.05, 0) is 44.9 Å². The first-order valence-corrected chi connectivity index (χ1v) is 11.7. The molecule has 0 atom stereocenters. The van der Waals surface area contributed by atoms with Crippen molar-refractivity contribution >= 4 is 23.6 Å². The molecule has 0 aliphatic carbocycles. The van der Waals surface area contributed by atoms with E-state index < -0.39 is 0 Å². The van der Waals surface area contributed by atoms with Crippen molar-refractivity contribution in [1.82, 2.24) is 15.1 Å². The van der Waals surface area contributed by atoms with Crippen LogP contribution in [0.15, 0.2) is 12.2 Å². The molecule has 0 aromatic carbocycles. The van der Waals surface area contributed by atoms with Crippen molar-refractivity contribution in [3.63, 3.8) is 0 Å². The molecule has 2 aliphatic heterocycles. The molecule has 1 N–H and O–H groups in total. The van der Waals surface area contributed by atoms with Crippen molar-refractivity contribution < 1.29 is 20.6 Å². The molecule has 0 aromatic rings. The second-order valence-electron chi connectivity index (χ2n) is 7.57. The lowest BCUT2D eigenvalue weighted by Gasteiger charge is -2.26. The summed E-state index contributed by atoms with van der Waals surface area (Å²) in [4.78, 5) is 49.9. The van der Waals surface area contributed by atoms with Crippen LogP contribution in [0.4, 0.5) is 0 Å². The van der Waals surface area contributed by atoms with E-state index in [0.717, 1.165) is 64.5 Å². The number of hydrogen-bond donors (Lipinski definition) is 1. The van der Waals surface area contributed by atoms with Gasteiger partial charge >= 0.3 is 0 Å². The van der Waals surface area contributed by atoms with Gasteiger partial charge in [-0.25, -0.2) is 0 Å². The van der Waals surface area contributed by atoms with Crippen molar-refractivity contribution in [1.29, 1.82) is 0 Å². The zero-order valence-electron chi connectivity index (χ0n) is 18.8. The molecule has 2 heterocycles. The molecule has 0 unspecified atom stereocenters. The molecule has 7 heteroatoms. The second-order valence-corrected chi connectivity index (χ2v) is 7.57. The van der Waals surface area contributed by atoms with Crippen molar-refractivity contribution in [3.05, 3.63) is 12.2 Å². The summed E-state index contributed by atoms with van der Waals surface area (Å²) in [5.41, 5.74) is 0. The number of nitrogens with one attached hydrogen (secondary N) is 1. The number of hydrogen-bond acceptors (Lipinski definition) is 4. The van der Waals surface area contributed by atoms with Crippen LogP contribution in [0.2, 0.25) is 0 Å². The third-order valence-electron chi connectivity index (χ3n) is 5.28. The monoisotopic (exact) mass is 423 g/mol. The Morgan fingerprint density at radius 3 is 2.13 bits per heavy atom. The first-order chi connectivity index (χ1) is 14.6. The van der Waals surface area contributed by atoms with E-state index in [1.54, 1.807) is 0 Å². The van der Waals surface area contributed by atoms with Crippen LogP contribution in [-0.2, 0) is 19.2 Å². The van der Waals surface area contributed by atoms with E-state index in [4.69, 9.17) is 0 Å². The molecular formula is C23H41N3O4. The molecule has 0 saturated carbocycles. The van der Waals surface area contributed by atoms with Crippen LogP contribution in [0.5, 0.6) is 0 Å². The van der Waals surface area contributed by atoms with Crippen LogP contribution in [0, 0.1) is 0 Å². The van der Waals surface area contributed by atoms with Gasteiger partial charge in [0.15, 0.2) is 0 Å². The Labute approximate surface area is 182 Å². The number of rotatable bonds is 12. The highest BCUT2D eigenvalue weighted by molar-refractivity contribution is 6.12. The van der Waals surface area contributed by atoms with E-state index in [0.29, 0.717) is 25.9 Å². The molecule has 0 radical (unpaired) electrons. The third-order valence-corrected chi connectivity index (χ3v) is 5.28. The molecule has 7 nitrogen and oxygen atoms in total. The lowest BCUT2D eigenvalue weighted by atomic mass is 10.1. The van der Waals surface area contributed by atoms with Crippen molar-refractivity contribution in [2.24, 2.45) is 0 Å².